The molecule has 0 spiro atoms. The van der Waals surface area contributed by atoms with Gasteiger partial charge in [0.15, 0.2) is 18.2 Å². The standard InChI is InChI=1S/C30H40BFO8/c1-5-18-27(35)28(3,22-14-38-22)12-21(29(4)16(2)8-10-30(18)11-9-19(33)26(29)30)40-23(34)15-37-20-7-6-17-13-39-31(36)24(17)25(20)32/h6-7,16,18,21-22,26-27,35-36H,5,8-15H2,1-4H3/t16-,18-,21+,22?,26-,27-,28+,29+,30-/m0/s1. The third-order valence-electron chi connectivity index (χ3n) is 11.6. The van der Waals surface area contributed by atoms with E-state index in [0.29, 0.717) is 25.0 Å². The van der Waals surface area contributed by atoms with E-state index in [1.54, 1.807) is 6.07 Å². The van der Waals surface area contributed by atoms with Gasteiger partial charge in [0.2, 0.25) is 0 Å². The van der Waals surface area contributed by atoms with Crippen molar-refractivity contribution >= 4 is 24.3 Å². The first kappa shape index (κ1) is 28.1. The van der Waals surface area contributed by atoms with E-state index in [1.807, 2.05) is 6.92 Å². The van der Waals surface area contributed by atoms with Gasteiger partial charge in [-0.3, -0.25) is 4.79 Å². The smallest absolute Gasteiger partial charge is 0.479 e. The van der Waals surface area contributed by atoms with Crippen LogP contribution in [0.15, 0.2) is 12.1 Å². The number of halogens is 1. The first-order valence-corrected chi connectivity index (χ1v) is 14.7. The van der Waals surface area contributed by atoms with E-state index in [2.05, 4.69) is 20.8 Å². The summed E-state index contributed by atoms with van der Waals surface area (Å²) in [4.78, 5) is 27.0. The highest BCUT2D eigenvalue weighted by molar-refractivity contribution is 6.61. The Bertz CT molecular complexity index is 1210. The third kappa shape index (κ3) is 4.00. The van der Waals surface area contributed by atoms with E-state index in [1.165, 1.54) is 6.07 Å². The van der Waals surface area contributed by atoms with Crippen LogP contribution < -0.4 is 10.2 Å². The van der Waals surface area contributed by atoms with Gasteiger partial charge in [-0.1, -0.05) is 40.2 Å². The van der Waals surface area contributed by atoms with Crippen LogP contribution in [0, 0.1) is 39.8 Å². The fourth-order valence-corrected chi connectivity index (χ4v) is 9.13. The average molecular weight is 558 g/mol. The van der Waals surface area contributed by atoms with Crippen LogP contribution in [-0.4, -0.2) is 60.5 Å². The number of Topliss-reactive ketones (excluding diaryl/α,β-unsaturated/α-hetero) is 1. The first-order chi connectivity index (χ1) is 19.0. The lowest BCUT2D eigenvalue weighted by atomic mass is 9.43. The zero-order chi connectivity index (χ0) is 28.6. The minimum Gasteiger partial charge on any atom is -0.479 e. The Balaban J connectivity index is 1.32. The minimum absolute atomic E-state index is 0.0187. The molecule has 40 heavy (non-hydrogen) atoms. The molecular weight excluding hydrogens is 518 g/mol. The zero-order valence-electron chi connectivity index (χ0n) is 23.8. The molecule has 1 saturated heterocycles. The summed E-state index contributed by atoms with van der Waals surface area (Å²) >= 11 is 0. The van der Waals surface area contributed by atoms with E-state index in [0.717, 1.165) is 25.7 Å². The van der Waals surface area contributed by atoms with Crippen LogP contribution in [0.5, 0.6) is 5.75 Å². The van der Waals surface area contributed by atoms with Gasteiger partial charge in [-0.05, 0) is 54.6 Å². The molecule has 9 atom stereocenters. The number of carbonyl (C=O) groups is 2. The van der Waals surface area contributed by atoms with Crippen molar-refractivity contribution in [2.75, 3.05) is 13.2 Å². The van der Waals surface area contributed by atoms with Crippen molar-refractivity contribution in [1.82, 2.24) is 0 Å². The molecule has 1 aromatic carbocycles. The van der Waals surface area contributed by atoms with Gasteiger partial charge in [-0.2, -0.15) is 0 Å². The van der Waals surface area contributed by atoms with Crippen LogP contribution in [-0.2, 0) is 30.3 Å². The summed E-state index contributed by atoms with van der Waals surface area (Å²) in [5.41, 5.74) is -1.09. The summed E-state index contributed by atoms with van der Waals surface area (Å²) in [7, 11) is -1.38. The van der Waals surface area contributed by atoms with E-state index >= 15 is 4.39 Å². The molecular formula is C30H40BFO8. The van der Waals surface area contributed by atoms with Crippen molar-refractivity contribution in [3.05, 3.63) is 23.5 Å². The second-order valence-electron chi connectivity index (χ2n) is 13.3. The van der Waals surface area contributed by atoms with Gasteiger partial charge in [-0.15, -0.1) is 0 Å². The first-order valence-electron chi connectivity index (χ1n) is 14.7. The Morgan fingerprint density at radius 3 is 2.73 bits per heavy atom. The highest BCUT2D eigenvalue weighted by atomic mass is 19.1. The molecule has 4 fully saturated rings. The van der Waals surface area contributed by atoms with Crippen molar-refractivity contribution in [3.8, 4) is 5.75 Å². The van der Waals surface area contributed by atoms with E-state index in [4.69, 9.17) is 18.9 Å². The Kier molecular flexibility index (Phi) is 6.88. The normalized spacial score (nSPS) is 42.1. The number of rotatable bonds is 6. The maximum absolute atomic E-state index is 15.0. The van der Waals surface area contributed by atoms with Crippen molar-refractivity contribution < 1.29 is 43.0 Å². The lowest BCUT2D eigenvalue weighted by molar-refractivity contribution is -0.217. The number of hydrogen-bond acceptors (Lipinski definition) is 8. The number of aliphatic hydroxyl groups is 1. The molecule has 2 bridgehead atoms. The molecule has 10 heteroatoms. The molecule has 2 heterocycles. The number of esters is 1. The topological polar surface area (TPSA) is 115 Å². The summed E-state index contributed by atoms with van der Waals surface area (Å²) < 4.78 is 37.7. The molecule has 3 aliphatic carbocycles. The quantitative estimate of drug-likeness (QED) is 0.311. The second kappa shape index (κ2) is 9.78. The van der Waals surface area contributed by atoms with Gasteiger partial charge in [0.1, 0.15) is 11.9 Å². The summed E-state index contributed by atoms with van der Waals surface area (Å²) in [6, 6.07) is 3.02. The highest BCUT2D eigenvalue weighted by Gasteiger charge is 2.70. The number of ketones is 1. The largest absolute Gasteiger partial charge is 0.494 e. The molecule has 1 unspecified atom stereocenters. The van der Waals surface area contributed by atoms with Gasteiger partial charge < -0.3 is 29.0 Å². The molecule has 0 radical (unpaired) electrons. The highest BCUT2D eigenvalue weighted by Crippen LogP contribution is 2.69. The van der Waals surface area contributed by atoms with Crippen molar-refractivity contribution in [2.24, 2.45) is 34.0 Å². The van der Waals surface area contributed by atoms with Gasteiger partial charge in [-0.25, -0.2) is 9.18 Å². The van der Waals surface area contributed by atoms with Crippen molar-refractivity contribution in [2.45, 2.75) is 91.1 Å². The van der Waals surface area contributed by atoms with E-state index in [-0.39, 0.29) is 52.9 Å². The minimum atomic E-state index is -1.38. The number of fused-ring (bicyclic) bond motifs is 1. The summed E-state index contributed by atoms with van der Waals surface area (Å²) in [5.74, 6) is -1.66. The number of carbonyl (C=O) groups excluding carboxylic acids is 2. The molecule has 2 N–H and O–H groups in total. The van der Waals surface area contributed by atoms with Crippen molar-refractivity contribution in [3.63, 3.8) is 0 Å². The molecule has 5 aliphatic rings. The van der Waals surface area contributed by atoms with Gasteiger partial charge >= 0.3 is 13.1 Å². The molecule has 2 aliphatic heterocycles. The maximum atomic E-state index is 15.0. The summed E-state index contributed by atoms with van der Waals surface area (Å²) in [6.07, 6.45) is 2.59. The van der Waals surface area contributed by atoms with Crippen LogP contribution in [0.1, 0.15) is 71.8 Å². The summed E-state index contributed by atoms with van der Waals surface area (Å²) in [6.45, 7) is 8.48. The second-order valence-corrected chi connectivity index (χ2v) is 13.3. The van der Waals surface area contributed by atoms with Crippen LogP contribution in [0.3, 0.4) is 0 Å². The van der Waals surface area contributed by atoms with Crippen LogP contribution in [0.2, 0.25) is 0 Å². The fourth-order valence-electron chi connectivity index (χ4n) is 9.13. The zero-order valence-corrected chi connectivity index (χ0v) is 23.8. The lowest BCUT2D eigenvalue weighted by Gasteiger charge is -2.62. The number of benzene rings is 1. The molecule has 218 valence electrons. The SMILES string of the molecule is CC[C@H]1[C@H](O)[C@@](C)(C2CO2)C[C@@H](OC(=O)COc2ccc3c(c2F)B(O)OC3)[C@]2(C)[C@@H]3C(=O)CC[C@]31CC[C@@H]2C. The summed E-state index contributed by atoms with van der Waals surface area (Å²) in [5, 5.41) is 21.9. The molecule has 8 nitrogen and oxygen atoms in total. The molecule has 6 rings (SSSR count). The third-order valence-corrected chi connectivity index (χ3v) is 11.6. The number of ether oxygens (including phenoxy) is 3. The number of epoxide rings is 1. The number of hydrogen-bond donors (Lipinski definition) is 2. The van der Waals surface area contributed by atoms with E-state index < -0.39 is 48.5 Å². The Morgan fingerprint density at radius 2 is 2.02 bits per heavy atom. The van der Waals surface area contributed by atoms with Crippen molar-refractivity contribution in [1.29, 1.82) is 0 Å². The Hall–Kier alpha value is -2.01. The van der Waals surface area contributed by atoms with E-state index in [9.17, 15) is 19.7 Å². The number of aliphatic hydroxyl groups excluding tert-OH is 1. The molecule has 0 amide bonds. The Morgan fingerprint density at radius 1 is 1.27 bits per heavy atom. The molecule has 3 saturated carbocycles. The van der Waals surface area contributed by atoms with Crippen LogP contribution >= 0.6 is 0 Å². The Labute approximate surface area is 235 Å². The van der Waals surface area contributed by atoms with Gasteiger partial charge in [0, 0.05) is 28.6 Å². The molecule has 0 aromatic heterocycles. The van der Waals surface area contributed by atoms with Crippen LogP contribution in [0.4, 0.5) is 4.39 Å². The fraction of sp³-hybridized carbons (Fsp3) is 0.733. The van der Waals surface area contributed by atoms with Gasteiger partial charge in [0.05, 0.1) is 25.4 Å². The maximum Gasteiger partial charge on any atom is 0.494 e. The van der Waals surface area contributed by atoms with Crippen LogP contribution in [0.25, 0.3) is 0 Å². The predicted molar refractivity (Wildman–Crippen MR) is 143 cm³/mol. The van der Waals surface area contributed by atoms with Gasteiger partial charge in [0.25, 0.3) is 0 Å². The lowest BCUT2D eigenvalue weighted by Crippen LogP contribution is -2.64. The average Bonchev–Trinajstić information content (AvgIpc) is 3.64. The predicted octanol–water partition coefficient (Wildman–Crippen LogP) is 2.93. The monoisotopic (exact) mass is 558 g/mol. The molecule has 1 aromatic rings.